The average molecular weight is 341 g/mol. The molecule has 2 nitrogen and oxygen atoms in total. The van der Waals surface area contributed by atoms with Crippen molar-refractivity contribution in [3.05, 3.63) is 63.6 Å². The lowest BCUT2D eigenvalue weighted by molar-refractivity contribution is 0.224. The van der Waals surface area contributed by atoms with E-state index < -0.39 is 5.54 Å². The lowest BCUT2D eigenvalue weighted by Crippen LogP contribution is -2.35. The number of aliphatic hydroxyl groups excluding tert-OH is 1. The predicted molar refractivity (Wildman–Crippen MR) is 83.7 cm³/mol. The van der Waals surface area contributed by atoms with Crippen LogP contribution < -0.4 is 5.32 Å². The monoisotopic (exact) mass is 339 g/mol. The summed E-state index contributed by atoms with van der Waals surface area (Å²) < 4.78 is 1.02. The van der Waals surface area contributed by atoms with Gasteiger partial charge in [0.1, 0.15) is 0 Å². The first-order chi connectivity index (χ1) is 9.03. The molecule has 1 unspecified atom stereocenters. The molecule has 0 aliphatic carbocycles. The van der Waals surface area contributed by atoms with Crippen molar-refractivity contribution in [2.24, 2.45) is 0 Å². The molecule has 0 radical (unpaired) electrons. The molecule has 0 spiro atoms. The molecular weight excluding hydrogens is 326 g/mol. The third-order valence-corrected chi connectivity index (χ3v) is 3.81. The molecule has 4 heteroatoms. The molecule has 2 aromatic rings. The standard InChI is InChI=1S/C15H15BrClNO/c1-15(10-19,11-3-2-4-13(17)9-11)18-14-7-5-12(16)6-8-14/h2-9,18-19H,10H2,1H3. The number of anilines is 1. The van der Waals surface area contributed by atoms with Gasteiger partial charge in [0.05, 0.1) is 12.1 Å². The number of halogens is 2. The van der Waals surface area contributed by atoms with E-state index in [4.69, 9.17) is 11.6 Å². The van der Waals surface area contributed by atoms with Crippen molar-refractivity contribution >= 4 is 33.2 Å². The van der Waals surface area contributed by atoms with Crippen LogP contribution in [0.2, 0.25) is 5.02 Å². The summed E-state index contributed by atoms with van der Waals surface area (Å²) in [7, 11) is 0. The summed E-state index contributed by atoms with van der Waals surface area (Å²) in [6.45, 7) is 1.92. The molecule has 100 valence electrons. The van der Waals surface area contributed by atoms with Gasteiger partial charge in [0.15, 0.2) is 0 Å². The van der Waals surface area contributed by atoms with Crippen molar-refractivity contribution in [3.63, 3.8) is 0 Å². The normalized spacial score (nSPS) is 13.9. The lowest BCUT2D eigenvalue weighted by atomic mass is 9.92. The van der Waals surface area contributed by atoms with E-state index in [-0.39, 0.29) is 6.61 Å². The molecule has 0 amide bonds. The van der Waals surface area contributed by atoms with Gasteiger partial charge < -0.3 is 10.4 Å². The average Bonchev–Trinajstić information content (AvgIpc) is 2.41. The molecule has 0 bridgehead atoms. The maximum atomic E-state index is 9.73. The van der Waals surface area contributed by atoms with Crippen LogP contribution in [0.1, 0.15) is 12.5 Å². The van der Waals surface area contributed by atoms with Gasteiger partial charge in [-0.1, -0.05) is 39.7 Å². The second kappa shape index (κ2) is 5.95. The fourth-order valence-electron chi connectivity index (χ4n) is 1.89. The molecule has 1 atom stereocenters. The molecule has 2 aromatic carbocycles. The first-order valence-corrected chi connectivity index (χ1v) is 7.11. The number of hydrogen-bond acceptors (Lipinski definition) is 2. The Balaban J connectivity index is 2.30. The molecule has 2 N–H and O–H groups in total. The van der Waals surface area contributed by atoms with Gasteiger partial charge in [0.25, 0.3) is 0 Å². The van der Waals surface area contributed by atoms with Gasteiger partial charge in [-0.15, -0.1) is 0 Å². The third kappa shape index (κ3) is 3.50. The first kappa shape index (κ1) is 14.4. The third-order valence-electron chi connectivity index (χ3n) is 3.04. The van der Waals surface area contributed by atoms with Crippen LogP contribution in [0.5, 0.6) is 0 Å². The number of nitrogens with one attached hydrogen (secondary N) is 1. The molecule has 0 saturated carbocycles. The van der Waals surface area contributed by atoms with Crippen molar-refractivity contribution in [2.45, 2.75) is 12.5 Å². The predicted octanol–water partition coefficient (Wildman–Crippen LogP) is 4.42. The van der Waals surface area contributed by atoms with Crippen LogP contribution >= 0.6 is 27.5 Å². The van der Waals surface area contributed by atoms with Gasteiger partial charge in [-0.25, -0.2) is 0 Å². The Morgan fingerprint density at radius 3 is 2.47 bits per heavy atom. The quantitative estimate of drug-likeness (QED) is 0.863. The SMILES string of the molecule is CC(CO)(Nc1ccc(Br)cc1)c1cccc(Cl)c1. The van der Waals surface area contributed by atoms with Gasteiger partial charge in [-0.3, -0.25) is 0 Å². The van der Waals surface area contributed by atoms with Crippen LogP contribution in [-0.4, -0.2) is 11.7 Å². The summed E-state index contributed by atoms with van der Waals surface area (Å²) in [6.07, 6.45) is 0. The fraction of sp³-hybridized carbons (Fsp3) is 0.200. The number of aliphatic hydroxyl groups is 1. The summed E-state index contributed by atoms with van der Waals surface area (Å²) in [6, 6.07) is 15.4. The summed E-state index contributed by atoms with van der Waals surface area (Å²) in [5.41, 5.74) is 1.32. The molecule has 0 aliphatic heterocycles. The number of benzene rings is 2. The van der Waals surface area contributed by atoms with Crippen LogP contribution in [0.4, 0.5) is 5.69 Å². The van der Waals surface area contributed by atoms with Crippen LogP contribution in [0.3, 0.4) is 0 Å². The Morgan fingerprint density at radius 1 is 1.21 bits per heavy atom. The number of rotatable bonds is 4. The molecule has 0 fully saturated rings. The lowest BCUT2D eigenvalue weighted by Gasteiger charge is -2.30. The highest BCUT2D eigenvalue weighted by molar-refractivity contribution is 9.10. The zero-order valence-electron chi connectivity index (χ0n) is 10.5. The van der Waals surface area contributed by atoms with E-state index in [1.165, 1.54) is 0 Å². The van der Waals surface area contributed by atoms with E-state index in [2.05, 4.69) is 21.2 Å². The summed E-state index contributed by atoms with van der Waals surface area (Å²) in [5, 5.41) is 13.7. The minimum absolute atomic E-state index is 0.0244. The Bertz CT molecular complexity index is 558. The Labute approximate surface area is 126 Å². The van der Waals surface area contributed by atoms with Crippen molar-refractivity contribution in [2.75, 3.05) is 11.9 Å². The van der Waals surface area contributed by atoms with Crippen molar-refractivity contribution in [1.82, 2.24) is 0 Å². The zero-order chi connectivity index (χ0) is 13.9. The molecule has 0 aromatic heterocycles. The largest absolute Gasteiger partial charge is 0.394 e. The highest BCUT2D eigenvalue weighted by Crippen LogP contribution is 2.28. The van der Waals surface area contributed by atoms with Gasteiger partial charge in [0, 0.05) is 15.2 Å². The van der Waals surface area contributed by atoms with Crippen molar-refractivity contribution < 1.29 is 5.11 Å². The second-order valence-electron chi connectivity index (χ2n) is 4.63. The van der Waals surface area contributed by atoms with E-state index in [1.54, 1.807) is 0 Å². The minimum Gasteiger partial charge on any atom is -0.394 e. The topological polar surface area (TPSA) is 32.3 Å². The van der Waals surface area contributed by atoms with Gasteiger partial charge in [-0.05, 0) is 48.9 Å². The smallest absolute Gasteiger partial charge is 0.0828 e. The Hall–Kier alpha value is -1.03. The van der Waals surface area contributed by atoms with Gasteiger partial charge in [0.2, 0.25) is 0 Å². The first-order valence-electron chi connectivity index (χ1n) is 5.94. The molecule has 0 saturated heterocycles. The fourth-order valence-corrected chi connectivity index (χ4v) is 2.34. The summed E-state index contributed by atoms with van der Waals surface area (Å²) in [5.74, 6) is 0. The van der Waals surface area contributed by atoms with E-state index in [0.29, 0.717) is 5.02 Å². The highest BCUT2D eigenvalue weighted by atomic mass is 79.9. The van der Waals surface area contributed by atoms with Crippen molar-refractivity contribution in [1.29, 1.82) is 0 Å². The zero-order valence-corrected chi connectivity index (χ0v) is 12.9. The van der Waals surface area contributed by atoms with Crippen LogP contribution in [0.25, 0.3) is 0 Å². The van der Waals surface area contributed by atoms with Crippen molar-refractivity contribution in [3.8, 4) is 0 Å². The summed E-state index contributed by atoms with van der Waals surface area (Å²) >= 11 is 9.42. The van der Waals surface area contributed by atoms with Gasteiger partial charge in [-0.2, -0.15) is 0 Å². The second-order valence-corrected chi connectivity index (χ2v) is 5.98. The van der Waals surface area contributed by atoms with E-state index >= 15 is 0 Å². The highest BCUT2D eigenvalue weighted by Gasteiger charge is 2.25. The Morgan fingerprint density at radius 2 is 1.89 bits per heavy atom. The molecular formula is C15H15BrClNO. The van der Waals surface area contributed by atoms with Crippen LogP contribution in [0, 0.1) is 0 Å². The van der Waals surface area contributed by atoms with E-state index in [9.17, 15) is 5.11 Å². The van der Waals surface area contributed by atoms with E-state index in [1.807, 2.05) is 55.5 Å². The maximum absolute atomic E-state index is 9.73. The maximum Gasteiger partial charge on any atom is 0.0828 e. The van der Waals surface area contributed by atoms with E-state index in [0.717, 1.165) is 15.7 Å². The summed E-state index contributed by atoms with van der Waals surface area (Å²) in [4.78, 5) is 0. The Kier molecular flexibility index (Phi) is 4.50. The molecule has 2 rings (SSSR count). The molecule has 0 aliphatic rings. The van der Waals surface area contributed by atoms with Crippen LogP contribution in [-0.2, 0) is 5.54 Å². The van der Waals surface area contributed by atoms with Gasteiger partial charge >= 0.3 is 0 Å². The number of hydrogen-bond donors (Lipinski definition) is 2. The van der Waals surface area contributed by atoms with Crippen LogP contribution in [0.15, 0.2) is 53.0 Å². The minimum atomic E-state index is -0.571. The molecule has 0 heterocycles. The molecule has 19 heavy (non-hydrogen) atoms.